The molecule has 0 spiro atoms. The van der Waals surface area contributed by atoms with Crippen LogP contribution in [0.4, 0.5) is 4.79 Å². The number of hydrogen-bond acceptors (Lipinski definition) is 3. The van der Waals surface area contributed by atoms with Crippen molar-refractivity contribution in [1.82, 2.24) is 4.90 Å². The van der Waals surface area contributed by atoms with E-state index in [0.717, 1.165) is 6.42 Å². The van der Waals surface area contributed by atoms with Gasteiger partial charge in [-0.15, -0.1) is 6.42 Å². The Morgan fingerprint density at radius 1 is 1.39 bits per heavy atom. The number of rotatable bonds is 6. The van der Waals surface area contributed by atoms with Crippen LogP contribution in [0, 0.1) is 12.3 Å². The summed E-state index contributed by atoms with van der Waals surface area (Å²) >= 11 is 0. The number of carbonyl (C=O) groups excluding carboxylic acids is 1. The minimum Gasteiger partial charge on any atom is -0.444 e. The Labute approximate surface area is 111 Å². The first kappa shape index (κ1) is 16.8. The second-order valence-electron chi connectivity index (χ2n) is 5.38. The van der Waals surface area contributed by atoms with Crippen molar-refractivity contribution in [1.29, 1.82) is 0 Å². The molecule has 0 bridgehead atoms. The average molecular weight is 255 g/mol. The van der Waals surface area contributed by atoms with Gasteiger partial charge in [0.15, 0.2) is 0 Å². The summed E-state index contributed by atoms with van der Waals surface area (Å²) in [5.41, 5.74) is -0.468. The maximum atomic E-state index is 12.0. The Morgan fingerprint density at radius 3 is 2.44 bits per heavy atom. The van der Waals surface area contributed by atoms with E-state index in [0.29, 0.717) is 19.8 Å². The van der Waals surface area contributed by atoms with Crippen molar-refractivity contribution in [3.63, 3.8) is 0 Å². The molecule has 0 N–H and O–H groups in total. The number of ether oxygens (including phenoxy) is 2. The zero-order valence-electron chi connectivity index (χ0n) is 12.2. The van der Waals surface area contributed by atoms with Crippen molar-refractivity contribution in [2.75, 3.05) is 19.8 Å². The predicted octanol–water partition coefficient (Wildman–Crippen LogP) is 2.67. The SMILES string of the molecule is C#CCOCCCN(C(=O)OC(C)(C)C)C(C)C. The van der Waals surface area contributed by atoms with Crippen LogP contribution in [0.3, 0.4) is 0 Å². The molecule has 0 heterocycles. The van der Waals surface area contributed by atoms with Crippen LogP contribution in [0.1, 0.15) is 41.0 Å². The smallest absolute Gasteiger partial charge is 0.410 e. The maximum Gasteiger partial charge on any atom is 0.410 e. The van der Waals surface area contributed by atoms with Gasteiger partial charge in [0.1, 0.15) is 12.2 Å². The largest absolute Gasteiger partial charge is 0.444 e. The second-order valence-corrected chi connectivity index (χ2v) is 5.38. The van der Waals surface area contributed by atoms with Crippen LogP contribution in [0.25, 0.3) is 0 Å². The monoisotopic (exact) mass is 255 g/mol. The van der Waals surface area contributed by atoms with Crippen molar-refractivity contribution < 1.29 is 14.3 Å². The summed E-state index contributed by atoms with van der Waals surface area (Å²) in [5, 5.41) is 0. The van der Waals surface area contributed by atoms with Gasteiger partial charge in [0.25, 0.3) is 0 Å². The van der Waals surface area contributed by atoms with Gasteiger partial charge in [-0.05, 0) is 41.0 Å². The molecule has 0 aromatic carbocycles. The van der Waals surface area contributed by atoms with E-state index in [1.807, 2.05) is 34.6 Å². The molecule has 0 aromatic rings. The third-order valence-electron chi connectivity index (χ3n) is 2.12. The lowest BCUT2D eigenvalue weighted by Gasteiger charge is -2.30. The fourth-order valence-electron chi connectivity index (χ4n) is 1.35. The lowest BCUT2D eigenvalue weighted by molar-refractivity contribution is 0.0172. The first-order valence-electron chi connectivity index (χ1n) is 6.28. The van der Waals surface area contributed by atoms with E-state index >= 15 is 0 Å². The zero-order valence-corrected chi connectivity index (χ0v) is 12.2. The standard InChI is InChI=1S/C14H25NO3/c1-7-10-17-11-8-9-15(12(2)3)13(16)18-14(4,5)6/h1,12H,8-11H2,2-6H3. The Hall–Kier alpha value is -1.21. The van der Waals surface area contributed by atoms with Crippen LogP contribution >= 0.6 is 0 Å². The number of hydrogen-bond donors (Lipinski definition) is 0. The molecular weight excluding hydrogens is 230 g/mol. The van der Waals surface area contributed by atoms with E-state index in [4.69, 9.17) is 15.9 Å². The Morgan fingerprint density at radius 2 is 2.00 bits per heavy atom. The molecule has 1 amide bonds. The summed E-state index contributed by atoms with van der Waals surface area (Å²) in [4.78, 5) is 13.6. The van der Waals surface area contributed by atoms with Gasteiger partial charge in [-0.2, -0.15) is 0 Å². The summed E-state index contributed by atoms with van der Waals surface area (Å²) in [6.07, 6.45) is 5.54. The molecule has 4 nitrogen and oxygen atoms in total. The van der Waals surface area contributed by atoms with Crippen molar-refractivity contribution in [2.24, 2.45) is 0 Å². The molecule has 0 unspecified atom stereocenters. The van der Waals surface area contributed by atoms with E-state index < -0.39 is 5.60 Å². The summed E-state index contributed by atoms with van der Waals surface area (Å²) < 4.78 is 10.5. The van der Waals surface area contributed by atoms with Crippen molar-refractivity contribution >= 4 is 6.09 Å². The molecule has 0 saturated carbocycles. The lowest BCUT2D eigenvalue weighted by atomic mass is 10.2. The summed E-state index contributed by atoms with van der Waals surface area (Å²) in [6, 6.07) is 0.104. The molecule has 0 rings (SSSR count). The number of amides is 1. The highest BCUT2D eigenvalue weighted by atomic mass is 16.6. The fraction of sp³-hybridized carbons (Fsp3) is 0.786. The van der Waals surface area contributed by atoms with E-state index in [1.54, 1.807) is 4.90 Å². The second kappa shape index (κ2) is 7.99. The molecular formula is C14H25NO3. The molecule has 0 aromatic heterocycles. The highest BCUT2D eigenvalue weighted by Gasteiger charge is 2.23. The van der Waals surface area contributed by atoms with Gasteiger partial charge in [-0.3, -0.25) is 0 Å². The highest BCUT2D eigenvalue weighted by molar-refractivity contribution is 5.68. The molecule has 0 aliphatic carbocycles. The first-order valence-corrected chi connectivity index (χ1v) is 6.28. The zero-order chi connectivity index (χ0) is 14.2. The third-order valence-corrected chi connectivity index (χ3v) is 2.12. The van der Waals surface area contributed by atoms with Gasteiger partial charge in [0.2, 0.25) is 0 Å². The van der Waals surface area contributed by atoms with Crippen LogP contribution in [-0.2, 0) is 9.47 Å². The molecule has 0 aliphatic rings. The molecule has 0 atom stereocenters. The third kappa shape index (κ3) is 7.97. The van der Waals surface area contributed by atoms with Crippen LogP contribution in [0.2, 0.25) is 0 Å². The summed E-state index contributed by atoms with van der Waals surface area (Å²) in [6.45, 7) is 11.0. The molecule has 0 aliphatic heterocycles. The van der Waals surface area contributed by atoms with Crippen molar-refractivity contribution in [2.45, 2.75) is 52.7 Å². The number of terminal acetylenes is 1. The fourth-order valence-corrected chi connectivity index (χ4v) is 1.35. The Balaban J connectivity index is 4.15. The van der Waals surface area contributed by atoms with E-state index in [1.165, 1.54) is 0 Å². The Bertz CT molecular complexity index is 286. The topological polar surface area (TPSA) is 38.8 Å². The minimum atomic E-state index is -0.468. The predicted molar refractivity (Wildman–Crippen MR) is 72.3 cm³/mol. The first-order chi connectivity index (χ1) is 8.28. The quantitative estimate of drug-likeness (QED) is 0.541. The van der Waals surface area contributed by atoms with Crippen LogP contribution in [-0.4, -0.2) is 42.4 Å². The normalized spacial score (nSPS) is 11.2. The Kier molecular flexibility index (Phi) is 7.45. The van der Waals surface area contributed by atoms with Crippen molar-refractivity contribution in [3.8, 4) is 12.3 Å². The van der Waals surface area contributed by atoms with Crippen LogP contribution in [0.5, 0.6) is 0 Å². The van der Waals surface area contributed by atoms with E-state index in [-0.39, 0.29) is 12.1 Å². The van der Waals surface area contributed by atoms with E-state index in [9.17, 15) is 4.79 Å². The van der Waals surface area contributed by atoms with Gasteiger partial charge >= 0.3 is 6.09 Å². The molecule has 0 radical (unpaired) electrons. The van der Waals surface area contributed by atoms with Crippen LogP contribution in [0.15, 0.2) is 0 Å². The number of carbonyl (C=O) groups is 1. The van der Waals surface area contributed by atoms with Gasteiger partial charge in [0.05, 0.1) is 0 Å². The molecule has 4 heteroatoms. The summed E-state index contributed by atoms with van der Waals surface area (Å²) in [7, 11) is 0. The molecule has 18 heavy (non-hydrogen) atoms. The number of nitrogens with zero attached hydrogens (tertiary/aromatic N) is 1. The lowest BCUT2D eigenvalue weighted by Crippen LogP contribution is -2.41. The molecule has 0 saturated heterocycles. The van der Waals surface area contributed by atoms with Crippen LogP contribution < -0.4 is 0 Å². The molecule has 104 valence electrons. The van der Waals surface area contributed by atoms with Gasteiger partial charge in [-0.25, -0.2) is 4.79 Å². The molecule has 0 fully saturated rings. The van der Waals surface area contributed by atoms with E-state index in [2.05, 4.69) is 5.92 Å². The van der Waals surface area contributed by atoms with Gasteiger partial charge in [-0.1, -0.05) is 5.92 Å². The highest BCUT2D eigenvalue weighted by Crippen LogP contribution is 2.12. The minimum absolute atomic E-state index is 0.104. The van der Waals surface area contributed by atoms with Gasteiger partial charge < -0.3 is 14.4 Å². The maximum absolute atomic E-state index is 12.0. The summed E-state index contributed by atoms with van der Waals surface area (Å²) in [5.74, 6) is 2.40. The van der Waals surface area contributed by atoms with Gasteiger partial charge in [0, 0.05) is 19.2 Å². The van der Waals surface area contributed by atoms with Crippen molar-refractivity contribution in [3.05, 3.63) is 0 Å². The average Bonchev–Trinajstić information content (AvgIpc) is 2.19.